The van der Waals surface area contributed by atoms with Crippen LogP contribution in [0.1, 0.15) is 60.8 Å². The molecule has 1 aromatic heterocycles. The van der Waals surface area contributed by atoms with Crippen LogP contribution in [0.15, 0.2) is 5.38 Å². The van der Waals surface area contributed by atoms with Gasteiger partial charge in [0, 0.05) is 15.8 Å². The maximum absolute atomic E-state index is 11.7. The van der Waals surface area contributed by atoms with Crippen LogP contribution >= 0.6 is 11.3 Å². The maximum Gasteiger partial charge on any atom is 0.338 e. The zero-order valence-electron chi connectivity index (χ0n) is 14.6. The van der Waals surface area contributed by atoms with Crippen LogP contribution in [0.5, 0.6) is 0 Å². The summed E-state index contributed by atoms with van der Waals surface area (Å²) in [5, 5.41) is 1.94. The third kappa shape index (κ3) is 4.11. The molecule has 1 aliphatic rings. The molecule has 0 spiro atoms. The first-order valence-corrected chi connectivity index (χ1v) is 9.11. The smallest absolute Gasteiger partial charge is 0.338 e. The number of esters is 1. The molecule has 0 aliphatic carbocycles. The summed E-state index contributed by atoms with van der Waals surface area (Å²) in [4.78, 5) is 15.6. The topological polar surface area (TPSA) is 29.5 Å². The molecular formula is C18H29NO2S. The van der Waals surface area contributed by atoms with E-state index in [1.165, 1.54) is 44.3 Å². The highest BCUT2D eigenvalue weighted by Gasteiger charge is 2.27. The Morgan fingerprint density at radius 3 is 2.55 bits per heavy atom. The van der Waals surface area contributed by atoms with E-state index in [1.54, 1.807) is 11.3 Å². The summed E-state index contributed by atoms with van der Waals surface area (Å²) in [5.74, 6) is 0.611. The number of thiophene rings is 1. The molecule has 1 fully saturated rings. The highest BCUT2D eigenvalue weighted by atomic mass is 32.1. The Morgan fingerprint density at radius 2 is 2.00 bits per heavy atom. The van der Waals surface area contributed by atoms with Crippen molar-refractivity contribution in [2.45, 2.75) is 58.9 Å². The number of piperidine rings is 1. The molecule has 2 rings (SSSR count). The zero-order valence-corrected chi connectivity index (χ0v) is 15.4. The molecule has 22 heavy (non-hydrogen) atoms. The Kier molecular flexibility index (Phi) is 5.67. The Labute approximate surface area is 138 Å². The van der Waals surface area contributed by atoms with Crippen LogP contribution in [0.3, 0.4) is 0 Å². The number of methoxy groups -OCH3 is 1. The van der Waals surface area contributed by atoms with Crippen molar-refractivity contribution in [2.24, 2.45) is 5.92 Å². The van der Waals surface area contributed by atoms with E-state index < -0.39 is 0 Å². The van der Waals surface area contributed by atoms with Crippen molar-refractivity contribution < 1.29 is 9.53 Å². The number of carbonyl (C=O) groups excluding carboxylic acids is 1. The predicted molar refractivity (Wildman–Crippen MR) is 92.8 cm³/mol. The number of carbonyl (C=O) groups is 1. The minimum Gasteiger partial charge on any atom is -0.465 e. The highest BCUT2D eigenvalue weighted by molar-refractivity contribution is 7.10. The van der Waals surface area contributed by atoms with E-state index in [0.717, 1.165) is 23.5 Å². The molecule has 0 atom stereocenters. The van der Waals surface area contributed by atoms with Crippen molar-refractivity contribution in [2.75, 3.05) is 20.2 Å². The lowest BCUT2D eigenvalue weighted by atomic mass is 9.89. The summed E-state index contributed by atoms with van der Waals surface area (Å²) in [6, 6.07) is 0. The van der Waals surface area contributed by atoms with Gasteiger partial charge in [-0.15, -0.1) is 11.3 Å². The van der Waals surface area contributed by atoms with Crippen LogP contribution in [-0.4, -0.2) is 36.6 Å². The lowest BCUT2D eigenvalue weighted by Gasteiger charge is -2.41. The van der Waals surface area contributed by atoms with Gasteiger partial charge in [-0.2, -0.15) is 0 Å². The molecule has 4 heteroatoms. The quantitative estimate of drug-likeness (QED) is 0.774. The third-order valence-electron chi connectivity index (χ3n) is 4.89. The normalized spacial score (nSPS) is 17.7. The molecule has 1 aliphatic heterocycles. The predicted octanol–water partition coefficient (Wildman–Crippen LogP) is 4.29. The fourth-order valence-electron chi connectivity index (χ4n) is 3.24. The first kappa shape index (κ1) is 17.5. The molecule has 3 nitrogen and oxygen atoms in total. The SMILES string of the molecule is COC(=O)c1csc(CCC2CCN(C(C)(C)C)CC2)c1C. The summed E-state index contributed by atoms with van der Waals surface area (Å²) in [6.07, 6.45) is 4.92. The van der Waals surface area contributed by atoms with E-state index >= 15 is 0 Å². The molecule has 0 unspecified atom stereocenters. The molecule has 1 saturated heterocycles. The van der Waals surface area contributed by atoms with Gasteiger partial charge in [0.15, 0.2) is 0 Å². The van der Waals surface area contributed by atoms with Crippen LogP contribution in [0, 0.1) is 12.8 Å². The first-order chi connectivity index (χ1) is 10.3. The second kappa shape index (κ2) is 7.14. The van der Waals surface area contributed by atoms with Crippen molar-refractivity contribution in [3.8, 4) is 0 Å². The van der Waals surface area contributed by atoms with Gasteiger partial charge < -0.3 is 4.74 Å². The van der Waals surface area contributed by atoms with Gasteiger partial charge in [-0.05, 0) is 77.9 Å². The molecule has 1 aromatic rings. The molecule has 0 aromatic carbocycles. The monoisotopic (exact) mass is 323 g/mol. The minimum absolute atomic E-state index is 0.210. The molecular weight excluding hydrogens is 294 g/mol. The van der Waals surface area contributed by atoms with Crippen molar-refractivity contribution in [1.29, 1.82) is 0 Å². The van der Waals surface area contributed by atoms with Crippen LogP contribution in [0.2, 0.25) is 0 Å². The second-order valence-corrected chi connectivity index (χ2v) is 8.29. The summed E-state index contributed by atoms with van der Waals surface area (Å²) in [6.45, 7) is 11.4. The van der Waals surface area contributed by atoms with Gasteiger partial charge in [-0.25, -0.2) is 4.79 Å². The van der Waals surface area contributed by atoms with E-state index in [2.05, 4.69) is 25.7 Å². The van der Waals surface area contributed by atoms with Crippen molar-refractivity contribution in [3.05, 3.63) is 21.4 Å². The van der Waals surface area contributed by atoms with Crippen LogP contribution in [0.4, 0.5) is 0 Å². The Bertz CT molecular complexity index is 508. The number of ether oxygens (including phenoxy) is 1. The maximum atomic E-state index is 11.7. The van der Waals surface area contributed by atoms with Gasteiger partial charge in [-0.3, -0.25) is 4.90 Å². The molecule has 0 saturated carbocycles. The average molecular weight is 324 g/mol. The molecule has 2 heterocycles. The number of aryl methyl sites for hydroxylation is 1. The fraction of sp³-hybridized carbons (Fsp3) is 0.722. The van der Waals surface area contributed by atoms with Crippen LogP contribution in [-0.2, 0) is 11.2 Å². The van der Waals surface area contributed by atoms with E-state index in [9.17, 15) is 4.79 Å². The van der Waals surface area contributed by atoms with Gasteiger partial charge in [0.25, 0.3) is 0 Å². The summed E-state index contributed by atoms with van der Waals surface area (Å²) >= 11 is 1.70. The lowest BCUT2D eigenvalue weighted by molar-refractivity contribution is 0.0600. The van der Waals surface area contributed by atoms with Crippen molar-refractivity contribution in [3.63, 3.8) is 0 Å². The van der Waals surface area contributed by atoms with Gasteiger partial charge >= 0.3 is 5.97 Å². The second-order valence-electron chi connectivity index (χ2n) is 7.33. The van der Waals surface area contributed by atoms with Crippen LogP contribution < -0.4 is 0 Å². The highest BCUT2D eigenvalue weighted by Crippen LogP contribution is 2.29. The summed E-state index contributed by atoms with van der Waals surface area (Å²) < 4.78 is 4.83. The Morgan fingerprint density at radius 1 is 1.36 bits per heavy atom. The zero-order chi connectivity index (χ0) is 16.3. The van der Waals surface area contributed by atoms with Crippen LogP contribution in [0.25, 0.3) is 0 Å². The summed E-state index contributed by atoms with van der Waals surface area (Å²) in [5.41, 5.74) is 2.15. The van der Waals surface area contributed by atoms with Gasteiger partial charge in [-0.1, -0.05) is 0 Å². The number of hydrogen-bond acceptors (Lipinski definition) is 4. The minimum atomic E-state index is -0.210. The number of likely N-dealkylation sites (tertiary alicyclic amines) is 1. The molecule has 124 valence electrons. The Balaban J connectivity index is 1.85. The summed E-state index contributed by atoms with van der Waals surface area (Å²) in [7, 11) is 1.45. The molecule has 0 bridgehead atoms. The third-order valence-corrected chi connectivity index (χ3v) is 6.04. The Hall–Kier alpha value is -0.870. The van der Waals surface area contributed by atoms with Crippen molar-refractivity contribution >= 4 is 17.3 Å². The molecule has 0 radical (unpaired) electrons. The van der Waals surface area contributed by atoms with E-state index in [-0.39, 0.29) is 5.97 Å². The van der Waals surface area contributed by atoms with Crippen molar-refractivity contribution in [1.82, 2.24) is 4.90 Å². The van der Waals surface area contributed by atoms with Gasteiger partial charge in [0.2, 0.25) is 0 Å². The molecule has 0 N–H and O–H groups in total. The number of hydrogen-bond donors (Lipinski definition) is 0. The van der Waals surface area contributed by atoms with E-state index in [1.807, 2.05) is 12.3 Å². The van der Waals surface area contributed by atoms with Gasteiger partial charge in [0.05, 0.1) is 12.7 Å². The molecule has 0 amide bonds. The number of nitrogens with zero attached hydrogens (tertiary/aromatic N) is 1. The van der Waals surface area contributed by atoms with E-state index in [4.69, 9.17) is 4.74 Å². The van der Waals surface area contributed by atoms with Gasteiger partial charge in [0.1, 0.15) is 0 Å². The lowest BCUT2D eigenvalue weighted by Crippen LogP contribution is -2.46. The first-order valence-electron chi connectivity index (χ1n) is 8.23. The average Bonchev–Trinajstić information content (AvgIpc) is 2.85. The standard InChI is InChI=1S/C18H29NO2S/c1-13-15(17(20)21-5)12-22-16(13)7-6-14-8-10-19(11-9-14)18(2,3)4/h12,14H,6-11H2,1-5H3. The largest absolute Gasteiger partial charge is 0.465 e. The van der Waals surface area contributed by atoms with E-state index in [0.29, 0.717) is 5.54 Å². The fourth-order valence-corrected chi connectivity index (χ4v) is 4.30. The number of rotatable bonds is 4.